The van der Waals surface area contributed by atoms with Crippen LogP contribution in [0.3, 0.4) is 0 Å². The van der Waals surface area contributed by atoms with Gasteiger partial charge in [-0.3, -0.25) is 4.79 Å². The molecule has 5 nitrogen and oxygen atoms in total. The number of amides is 1. The van der Waals surface area contributed by atoms with Crippen molar-refractivity contribution in [3.8, 4) is 6.07 Å². The van der Waals surface area contributed by atoms with E-state index in [4.69, 9.17) is 11.6 Å². The lowest BCUT2D eigenvalue weighted by Gasteiger charge is -2.33. The molecule has 3 rings (SSSR count). The summed E-state index contributed by atoms with van der Waals surface area (Å²) >= 11 is 6.07. The maximum Gasteiger partial charge on any atom is 0.222 e. The molecule has 24 heavy (non-hydrogen) atoms. The van der Waals surface area contributed by atoms with Gasteiger partial charge in [-0.05, 0) is 44.1 Å². The third-order valence-corrected chi connectivity index (χ3v) is 5.59. The molecule has 1 amide bonds. The van der Waals surface area contributed by atoms with Gasteiger partial charge in [0, 0.05) is 38.8 Å². The maximum absolute atomic E-state index is 12.3. The lowest BCUT2D eigenvalue weighted by atomic mass is 9.92. The highest BCUT2D eigenvalue weighted by Crippen LogP contribution is 2.30. The number of hydrogen-bond donors (Lipinski definition) is 0. The van der Waals surface area contributed by atoms with Gasteiger partial charge in [0.05, 0.1) is 10.6 Å². The molecule has 0 bridgehead atoms. The van der Waals surface area contributed by atoms with E-state index in [9.17, 15) is 10.1 Å². The highest BCUT2D eigenvalue weighted by molar-refractivity contribution is 6.31. The van der Waals surface area contributed by atoms with Crippen LogP contribution >= 0.6 is 11.6 Å². The van der Waals surface area contributed by atoms with Gasteiger partial charge in [0.15, 0.2) is 0 Å². The first-order chi connectivity index (χ1) is 11.6. The second-order valence-corrected chi connectivity index (χ2v) is 7.17. The predicted molar refractivity (Wildman–Crippen MR) is 94.1 cm³/mol. The highest BCUT2D eigenvalue weighted by atomic mass is 35.5. The van der Waals surface area contributed by atoms with Crippen LogP contribution in [-0.2, 0) is 4.79 Å². The molecule has 2 fully saturated rings. The fourth-order valence-corrected chi connectivity index (χ4v) is 3.77. The Kier molecular flexibility index (Phi) is 5.25. The smallest absolute Gasteiger partial charge is 0.222 e. The molecule has 0 spiro atoms. The number of carbonyl (C=O) groups excluding carboxylic acids is 1. The molecule has 6 heteroatoms. The lowest BCUT2D eigenvalue weighted by molar-refractivity contribution is -0.131. The topological polar surface area (TPSA) is 60.2 Å². The predicted octanol–water partition coefficient (Wildman–Crippen LogP) is 3.14. The average molecular weight is 347 g/mol. The lowest BCUT2D eigenvalue weighted by Crippen LogP contribution is -2.37. The average Bonchev–Trinajstić information content (AvgIpc) is 3.13. The minimum atomic E-state index is 0.309. The molecule has 2 aliphatic heterocycles. The van der Waals surface area contributed by atoms with Crippen molar-refractivity contribution in [2.45, 2.75) is 39.0 Å². The summed E-state index contributed by atoms with van der Waals surface area (Å²) in [4.78, 5) is 20.8. The zero-order chi connectivity index (χ0) is 17.1. The molecule has 128 valence electrons. The number of carbonyl (C=O) groups is 1. The Morgan fingerprint density at radius 1 is 1.33 bits per heavy atom. The van der Waals surface area contributed by atoms with Crippen LogP contribution in [0.1, 0.15) is 43.2 Å². The second-order valence-electron chi connectivity index (χ2n) is 6.76. The quantitative estimate of drug-likeness (QED) is 0.843. The number of likely N-dealkylation sites (tertiary alicyclic amines) is 1. The zero-order valence-corrected chi connectivity index (χ0v) is 14.8. The highest BCUT2D eigenvalue weighted by Gasteiger charge is 2.27. The molecule has 2 saturated heterocycles. The Labute approximate surface area is 148 Å². The van der Waals surface area contributed by atoms with Crippen LogP contribution in [0.5, 0.6) is 0 Å². The summed E-state index contributed by atoms with van der Waals surface area (Å²) in [6, 6.07) is 2.23. The molecule has 2 aliphatic rings. The SMILES string of the molecule is Cc1c(Cl)cnc(N2CCC(CC(=O)N3CCCC3)CC2)c1C#N. The van der Waals surface area contributed by atoms with Gasteiger partial charge in [0.1, 0.15) is 11.9 Å². The molecule has 0 aromatic carbocycles. The number of nitrogens with zero attached hydrogens (tertiary/aromatic N) is 4. The van der Waals surface area contributed by atoms with Crippen molar-refractivity contribution >= 4 is 23.3 Å². The summed E-state index contributed by atoms with van der Waals surface area (Å²) in [6.07, 6.45) is 6.50. The number of pyridine rings is 1. The Morgan fingerprint density at radius 2 is 2.00 bits per heavy atom. The van der Waals surface area contributed by atoms with Crippen molar-refractivity contribution in [2.24, 2.45) is 5.92 Å². The number of rotatable bonds is 3. The van der Waals surface area contributed by atoms with E-state index in [-0.39, 0.29) is 0 Å². The minimum absolute atomic E-state index is 0.309. The van der Waals surface area contributed by atoms with Crippen LogP contribution in [0.25, 0.3) is 0 Å². The Hall–Kier alpha value is -1.80. The van der Waals surface area contributed by atoms with E-state index in [0.717, 1.165) is 63.2 Å². The fourth-order valence-electron chi connectivity index (χ4n) is 3.63. The number of halogens is 1. The van der Waals surface area contributed by atoms with E-state index in [2.05, 4.69) is 16.0 Å². The van der Waals surface area contributed by atoms with Crippen molar-refractivity contribution < 1.29 is 4.79 Å². The van der Waals surface area contributed by atoms with Gasteiger partial charge in [-0.1, -0.05) is 11.6 Å². The Morgan fingerprint density at radius 3 is 2.62 bits per heavy atom. The molecule has 0 radical (unpaired) electrons. The van der Waals surface area contributed by atoms with Gasteiger partial charge >= 0.3 is 0 Å². The van der Waals surface area contributed by atoms with Crippen LogP contribution in [0.15, 0.2) is 6.20 Å². The molecular formula is C18H23ClN4O. The van der Waals surface area contributed by atoms with E-state index in [1.165, 1.54) is 0 Å². The second kappa shape index (κ2) is 7.40. The summed E-state index contributed by atoms with van der Waals surface area (Å²) in [5, 5.41) is 9.95. The molecule has 0 N–H and O–H groups in total. The summed E-state index contributed by atoms with van der Waals surface area (Å²) in [5.41, 5.74) is 1.35. The zero-order valence-electron chi connectivity index (χ0n) is 14.1. The minimum Gasteiger partial charge on any atom is -0.355 e. The van der Waals surface area contributed by atoms with Gasteiger partial charge in [0.25, 0.3) is 0 Å². The van der Waals surface area contributed by atoms with Crippen LogP contribution in [0.2, 0.25) is 5.02 Å². The van der Waals surface area contributed by atoms with Crippen LogP contribution in [0, 0.1) is 24.2 Å². The number of piperidine rings is 1. The van der Waals surface area contributed by atoms with Crippen molar-refractivity contribution in [3.05, 3.63) is 22.3 Å². The van der Waals surface area contributed by atoms with E-state index in [0.29, 0.717) is 28.8 Å². The third kappa shape index (κ3) is 3.49. The summed E-state index contributed by atoms with van der Waals surface area (Å²) < 4.78 is 0. The monoisotopic (exact) mass is 346 g/mol. The van der Waals surface area contributed by atoms with Crippen molar-refractivity contribution in [2.75, 3.05) is 31.1 Å². The number of anilines is 1. The maximum atomic E-state index is 12.3. The van der Waals surface area contributed by atoms with E-state index in [1.54, 1.807) is 6.20 Å². The number of aromatic nitrogens is 1. The largest absolute Gasteiger partial charge is 0.355 e. The molecule has 1 aromatic heterocycles. The molecular weight excluding hydrogens is 324 g/mol. The Bertz CT molecular complexity index is 656. The molecule has 0 saturated carbocycles. The summed E-state index contributed by atoms with van der Waals surface area (Å²) in [7, 11) is 0. The summed E-state index contributed by atoms with van der Waals surface area (Å²) in [6.45, 7) is 5.38. The normalized spacial score (nSPS) is 18.7. The molecule has 1 aromatic rings. The Balaban J connectivity index is 1.60. The first-order valence-electron chi connectivity index (χ1n) is 8.68. The van der Waals surface area contributed by atoms with Crippen molar-refractivity contribution in [1.29, 1.82) is 5.26 Å². The number of hydrogen-bond acceptors (Lipinski definition) is 4. The van der Waals surface area contributed by atoms with E-state index in [1.807, 2.05) is 11.8 Å². The van der Waals surface area contributed by atoms with Gasteiger partial charge in [-0.2, -0.15) is 5.26 Å². The molecule has 0 aliphatic carbocycles. The van der Waals surface area contributed by atoms with Gasteiger partial charge in [-0.25, -0.2) is 4.98 Å². The third-order valence-electron chi connectivity index (χ3n) is 5.20. The van der Waals surface area contributed by atoms with Crippen molar-refractivity contribution in [1.82, 2.24) is 9.88 Å². The standard InChI is InChI=1S/C18H23ClN4O/c1-13-15(11-20)18(21-12-16(13)19)23-8-4-14(5-9-23)10-17(24)22-6-2-3-7-22/h12,14H,2-10H2,1H3. The molecule has 3 heterocycles. The molecule has 0 atom stereocenters. The van der Waals surface area contributed by atoms with Crippen LogP contribution in [-0.4, -0.2) is 42.0 Å². The van der Waals surface area contributed by atoms with Crippen molar-refractivity contribution in [3.63, 3.8) is 0 Å². The van der Waals surface area contributed by atoms with Crippen LogP contribution in [0.4, 0.5) is 5.82 Å². The van der Waals surface area contributed by atoms with E-state index >= 15 is 0 Å². The van der Waals surface area contributed by atoms with Gasteiger partial charge in [-0.15, -0.1) is 0 Å². The molecule has 0 unspecified atom stereocenters. The fraction of sp³-hybridized carbons (Fsp3) is 0.611. The van der Waals surface area contributed by atoms with Gasteiger partial charge in [0.2, 0.25) is 5.91 Å². The first-order valence-corrected chi connectivity index (χ1v) is 9.06. The van der Waals surface area contributed by atoms with Gasteiger partial charge < -0.3 is 9.80 Å². The van der Waals surface area contributed by atoms with Crippen LogP contribution < -0.4 is 4.90 Å². The number of nitriles is 1. The summed E-state index contributed by atoms with van der Waals surface area (Å²) in [5.74, 6) is 1.47. The van der Waals surface area contributed by atoms with E-state index < -0.39 is 0 Å². The first kappa shape index (κ1) is 17.0.